The number of rotatable bonds is 6. The quantitative estimate of drug-likeness (QED) is 0.864. The van der Waals surface area contributed by atoms with Crippen LogP contribution in [0, 0.1) is 6.92 Å². The topological polar surface area (TPSA) is 67.2 Å². The number of hydrogen-bond acceptors (Lipinski definition) is 4. The van der Waals surface area contributed by atoms with E-state index in [4.69, 9.17) is 0 Å². The number of benzene rings is 1. The number of piperidine rings is 1. The summed E-state index contributed by atoms with van der Waals surface area (Å²) >= 11 is 0. The third-order valence-corrected chi connectivity index (χ3v) is 5.84. The molecule has 7 heteroatoms. The van der Waals surface area contributed by atoms with Crippen molar-refractivity contribution in [2.75, 3.05) is 26.2 Å². The van der Waals surface area contributed by atoms with E-state index in [1.54, 1.807) is 24.3 Å². The Morgan fingerprint density at radius 1 is 1.29 bits per heavy atom. The molecule has 1 N–H and O–H groups in total. The molecule has 0 amide bonds. The maximum Gasteiger partial charge on any atom is 0.240 e. The van der Waals surface area contributed by atoms with E-state index < -0.39 is 10.0 Å². The molecule has 0 spiro atoms. The van der Waals surface area contributed by atoms with Crippen molar-refractivity contribution in [2.24, 2.45) is 0 Å². The highest BCUT2D eigenvalue weighted by atomic mass is 32.2. The minimum absolute atomic E-state index is 0.313. The van der Waals surface area contributed by atoms with Gasteiger partial charge in [-0.15, -0.1) is 0 Å². The molecule has 0 bridgehead atoms. The van der Waals surface area contributed by atoms with Gasteiger partial charge in [-0.3, -0.25) is 9.58 Å². The van der Waals surface area contributed by atoms with Crippen molar-refractivity contribution in [3.05, 3.63) is 48.3 Å². The Hall–Kier alpha value is -1.70. The molecule has 1 aromatic heterocycles. The molecule has 0 aliphatic carbocycles. The van der Waals surface area contributed by atoms with Crippen LogP contribution in [0.2, 0.25) is 0 Å². The summed E-state index contributed by atoms with van der Waals surface area (Å²) < 4.78 is 29.2. The van der Waals surface area contributed by atoms with Gasteiger partial charge in [0.2, 0.25) is 10.0 Å². The zero-order valence-corrected chi connectivity index (χ0v) is 14.7. The lowest BCUT2D eigenvalue weighted by atomic mass is 10.1. The summed E-state index contributed by atoms with van der Waals surface area (Å²) in [5.41, 5.74) is 1.17. The molecular weight excluding hydrogens is 324 g/mol. The van der Waals surface area contributed by atoms with Crippen LogP contribution in [-0.2, 0) is 10.0 Å². The monoisotopic (exact) mass is 348 g/mol. The second kappa shape index (κ2) is 7.46. The molecule has 1 atom stereocenters. The van der Waals surface area contributed by atoms with Crippen molar-refractivity contribution in [2.45, 2.75) is 30.7 Å². The summed E-state index contributed by atoms with van der Waals surface area (Å²) in [4.78, 5) is 2.62. The number of aryl methyl sites for hydroxylation is 1. The van der Waals surface area contributed by atoms with E-state index in [1.165, 1.54) is 5.56 Å². The first-order valence-electron chi connectivity index (χ1n) is 8.32. The van der Waals surface area contributed by atoms with Crippen molar-refractivity contribution in [1.29, 1.82) is 0 Å². The van der Waals surface area contributed by atoms with Crippen molar-refractivity contribution in [3.8, 4) is 0 Å². The number of aromatic nitrogens is 2. The van der Waals surface area contributed by atoms with E-state index in [0.717, 1.165) is 25.9 Å². The van der Waals surface area contributed by atoms with Crippen LogP contribution in [0.15, 0.2) is 47.6 Å². The van der Waals surface area contributed by atoms with Crippen LogP contribution >= 0.6 is 0 Å². The molecular formula is C17H24N4O2S. The van der Waals surface area contributed by atoms with Crippen LogP contribution in [0.3, 0.4) is 0 Å². The van der Waals surface area contributed by atoms with E-state index >= 15 is 0 Å². The van der Waals surface area contributed by atoms with Crippen LogP contribution in [0.5, 0.6) is 0 Å². The van der Waals surface area contributed by atoms with Gasteiger partial charge in [0, 0.05) is 25.8 Å². The highest BCUT2D eigenvalue weighted by Gasteiger charge is 2.22. The number of nitrogens with one attached hydrogen (secondary N) is 1. The molecule has 1 saturated heterocycles. The van der Waals surface area contributed by atoms with Gasteiger partial charge in [-0.1, -0.05) is 18.2 Å². The maximum absolute atomic E-state index is 12.2. The van der Waals surface area contributed by atoms with Crippen LogP contribution in [0.1, 0.15) is 24.4 Å². The molecule has 1 aromatic carbocycles. The van der Waals surface area contributed by atoms with Gasteiger partial charge in [0.15, 0.2) is 0 Å². The normalized spacial score (nSPS) is 19.5. The Balaban J connectivity index is 1.51. The molecule has 2 aromatic rings. The third-order valence-electron chi connectivity index (χ3n) is 4.36. The molecule has 6 nitrogen and oxygen atoms in total. The minimum atomic E-state index is -3.42. The second-order valence-corrected chi connectivity index (χ2v) is 8.07. The fourth-order valence-electron chi connectivity index (χ4n) is 3.10. The summed E-state index contributed by atoms with van der Waals surface area (Å²) in [6.07, 6.45) is 6.18. The summed E-state index contributed by atoms with van der Waals surface area (Å²) in [5, 5.41) is 4.41. The molecule has 0 unspecified atom stereocenters. The molecule has 2 heterocycles. The number of likely N-dealkylation sites (tertiary alicyclic amines) is 1. The fourth-order valence-corrected chi connectivity index (χ4v) is 4.15. The SMILES string of the molecule is Cc1cnn([C@H]2CCCN(CCNS(=O)(=O)c3ccccc3)C2)c1. The van der Waals surface area contributed by atoms with Crippen molar-refractivity contribution >= 4 is 10.0 Å². The Morgan fingerprint density at radius 3 is 2.79 bits per heavy atom. The molecule has 0 saturated carbocycles. The average Bonchev–Trinajstić information content (AvgIpc) is 3.02. The Kier molecular flexibility index (Phi) is 5.33. The predicted octanol–water partition coefficient (Wildman–Crippen LogP) is 1.81. The van der Waals surface area contributed by atoms with E-state index in [9.17, 15) is 8.42 Å². The molecule has 1 aliphatic heterocycles. The first-order valence-corrected chi connectivity index (χ1v) is 9.81. The Morgan fingerprint density at radius 2 is 2.08 bits per heavy atom. The first kappa shape index (κ1) is 17.1. The number of sulfonamides is 1. The average molecular weight is 348 g/mol. The number of nitrogens with zero attached hydrogens (tertiary/aromatic N) is 3. The summed E-state index contributed by atoms with van der Waals surface area (Å²) in [7, 11) is -3.42. The molecule has 24 heavy (non-hydrogen) atoms. The molecule has 3 rings (SSSR count). The zero-order valence-electron chi connectivity index (χ0n) is 13.9. The first-order chi connectivity index (χ1) is 11.5. The van der Waals surface area contributed by atoms with Gasteiger partial charge in [-0.25, -0.2) is 13.1 Å². The van der Waals surface area contributed by atoms with Gasteiger partial charge in [0.25, 0.3) is 0 Å². The van der Waals surface area contributed by atoms with E-state index in [1.807, 2.05) is 23.9 Å². The van der Waals surface area contributed by atoms with Gasteiger partial charge in [0.05, 0.1) is 17.1 Å². The van der Waals surface area contributed by atoms with Crippen molar-refractivity contribution < 1.29 is 8.42 Å². The van der Waals surface area contributed by atoms with Gasteiger partial charge in [-0.05, 0) is 44.0 Å². The van der Waals surface area contributed by atoms with Gasteiger partial charge in [-0.2, -0.15) is 5.10 Å². The van der Waals surface area contributed by atoms with E-state index in [0.29, 0.717) is 24.0 Å². The van der Waals surface area contributed by atoms with Crippen LogP contribution in [0.4, 0.5) is 0 Å². The third kappa shape index (κ3) is 4.23. The lowest BCUT2D eigenvalue weighted by Gasteiger charge is -2.32. The second-order valence-electron chi connectivity index (χ2n) is 6.31. The lowest BCUT2D eigenvalue weighted by molar-refractivity contribution is 0.172. The summed E-state index contributed by atoms with van der Waals surface area (Å²) in [6.45, 7) is 5.09. The largest absolute Gasteiger partial charge is 0.300 e. The van der Waals surface area contributed by atoms with Crippen LogP contribution < -0.4 is 4.72 Å². The van der Waals surface area contributed by atoms with Gasteiger partial charge < -0.3 is 0 Å². The van der Waals surface area contributed by atoms with E-state index in [-0.39, 0.29) is 0 Å². The van der Waals surface area contributed by atoms with Crippen LogP contribution in [-0.4, -0.2) is 49.3 Å². The minimum Gasteiger partial charge on any atom is -0.300 e. The highest BCUT2D eigenvalue weighted by Crippen LogP contribution is 2.20. The predicted molar refractivity (Wildman–Crippen MR) is 93.3 cm³/mol. The molecule has 1 aliphatic rings. The fraction of sp³-hybridized carbons (Fsp3) is 0.471. The maximum atomic E-state index is 12.2. The zero-order chi connectivity index (χ0) is 17.0. The molecule has 0 radical (unpaired) electrons. The summed E-state index contributed by atoms with van der Waals surface area (Å²) in [6, 6.07) is 8.87. The van der Waals surface area contributed by atoms with Crippen molar-refractivity contribution in [1.82, 2.24) is 19.4 Å². The lowest BCUT2D eigenvalue weighted by Crippen LogP contribution is -2.41. The summed E-state index contributed by atoms with van der Waals surface area (Å²) in [5.74, 6) is 0. The van der Waals surface area contributed by atoms with Gasteiger partial charge in [0.1, 0.15) is 0 Å². The van der Waals surface area contributed by atoms with Crippen molar-refractivity contribution in [3.63, 3.8) is 0 Å². The standard InChI is InChI=1S/C17H24N4O2S/c1-15-12-18-21(13-15)16-6-5-10-20(14-16)11-9-19-24(22,23)17-7-3-2-4-8-17/h2-4,7-8,12-13,16,19H,5-6,9-11,14H2,1H3/t16-/m0/s1. The Labute approximate surface area is 143 Å². The Bertz CT molecular complexity index is 758. The molecule has 130 valence electrons. The van der Waals surface area contributed by atoms with Gasteiger partial charge >= 0.3 is 0 Å². The smallest absolute Gasteiger partial charge is 0.240 e. The highest BCUT2D eigenvalue weighted by molar-refractivity contribution is 7.89. The number of hydrogen-bond donors (Lipinski definition) is 1. The van der Waals surface area contributed by atoms with E-state index in [2.05, 4.69) is 20.9 Å². The molecule has 1 fully saturated rings. The van der Waals surface area contributed by atoms with Crippen LogP contribution in [0.25, 0.3) is 0 Å².